The number of ether oxygens (including phenoxy) is 1. The van der Waals surface area contributed by atoms with Crippen LogP contribution in [0, 0.1) is 0 Å². The van der Waals surface area contributed by atoms with Gasteiger partial charge >= 0.3 is 6.61 Å². The van der Waals surface area contributed by atoms with Crippen LogP contribution in [-0.4, -0.2) is 17.5 Å². The van der Waals surface area contributed by atoms with Crippen molar-refractivity contribution in [2.45, 2.75) is 13.0 Å². The third-order valence-electron chi connectivity index (χ3n) is 3.36. The van der Waals surface area contributed by atoms with E-state index in [1.54, 1.807) is 29.7 Å². The van der Waals surface area contributed by atoms with Gasteiger partial charge in [0.25, 0.3) is 0 Å². The number of carbonyl (C=O) groups is 1. The van der Waals surface area contributed by atoms with Crippen molar-refractivity contribution in [2.24, 2.45) is 0 Å². The Morgan fingerprint density at radius 2 is 1.84 bits per heavy atom. The Morgan fingerprint density at radius 3 is 2.44 bits per heavy atom. The SMILES string of the molecule is O=C(Cc1ccc(OC(F)F)cc1)Nc1ccc(-c2nccs2)cc1. The molecule has 7 heteroatoms. The van der Waals surface area contributed by atoms with Crippen LogP contribution in [0.4, 0.5) is 14.5 Å². The number of rotatable bonds is 6. The van der Waals surface area contributed by atoms with Gasteiger partial charge in [-0.25, -0.2) is 4.98 Å². The molecule has 0 atom stereocenters. The Labute approximate surface area is 147 Å². The van der Waals surface area contributed by atoms with Crippen LogP contribution in [0.25, 0.3) is 10.6 Å². The molecule has 1 heterocycles. The maximum Gasteiger partial charge on any atom is 0.387 e. The van der Waals surface area contributed by atoms with Crippen molar-refractivity contribution in [1.82, 2.24) is 4.98 Å². The molecule has 0 aliphatic heterocycles. The second-order valence-corrected chi connectivity index (χ2v) is 6.06. The van der Waals surface area contributed by atoms with Gasteiger partial charge < -0.3 is 10.1 Å². The molecule has 3 rings (SSSR count). The summed E-state index contributed by atoms with van der Waals surface area (Å²) in [5.74, 6) is -0.124. The van der Waals surface area contributed by atoms with E-state index in [-0.39, 0.29) is 18.1 Å². The summed E-state index contributed by atoms with van der Waals surface area (Å²) in [6.45, 7) is -2.86. The first-order chi connectivity index (χ1) is 12.1. The fraction of sp³-hybridized carbons (Fsp3) is 0.111. The van der Waals surface area contributed by atoms with Crippen LogP contribution in [0.1, 0.15) is 5.56 Å². The van der Waals surface area contributed by atoms with Crippen molar-refractivity contribution in [3.8, 4) is 16.3 Å². The molecular weight excluding hydrogens is 346 g/mol. The van der Waals surface area contributed by atoms with Crippen molar-refractivity contribution in [2.75, 3.05) is 5.32 Å². The first-order valence-corrected chi connectivity index (χ1v) is 8.31. The summed E-state index contributed by atoms with van der Waals surface area (Å²) >= 11 is 1.55. The predicted molar refractivity (Wildman–Crippen MR) is 93.0 cm³/mol. The second kappa shape index (κ2) is 7.85. The lowest BCUT2D eigenvalue weighted by molar-refractivity contribution is -0.115. The van der Waals surface area contributed by atoms with Crippen LogP contribution >= 0.6 is 11.3 Å². The fourth-order valence-electron chi connectivity index (χ4n) is 2.24. The minimum atomic E-state index is -2.86. The molecule has 25 heavy (non-hydrogen) atoms. The highest BCUT2D eigenvalue weighted by molar-refractivity contribution is 7.13. The highest BCUT2D eigenvalue weighted by Gasteiger charge is 2.07. The van der Waals surface area contributed by atoms with Gasteiger partial charge in [-0.15, -0.1) is 11.3 Å². The molecule has 0 saturated carbocycles. The third-order valence-corrected chi connectivity index (χ3v) is 4.18. The van der Waals surface area contributed by atoms with Crippen LogP contribution in [0.2, 0.25) is 0 Å². The zero-order chi connectivity index (χ0) is 17.6. The molecular formula is C18H14F2N2O2S. The number of carbonyl (C=O) groups excluding carboxylic acids is 1. The average molecular weight is 360 g/mol. The largest absolute Gasteiger partial charge is 0.435 e. The highest BCUT2D eigenvalue weighted by atomic mass is 32.1. The van der Waals surface area contributed by atoms with Crippen molar-refractivity contribution in [1.29, 1.82) is 0 Å². The van der Waals surface area contributed by atoms with Gasteiger partial charge in [0.1, 0.15) is 10.8 Å². The first kappa shape index (κ1) is 17.0. The molecule has 0 aliphatic carbocycles. The number of nitrogens with one attached hydrogen (secondary N) is 1. The number of aromatic nitrogens is 1. The summed E-state index contributed by atoms with van der Waals surface area (Å²) in [6.07, 6.45) is 1.89. The molecule has 4 nitrogen and oxygen atoms in total. The number of anilines is 1. The summed E-state index contributed by atoms with van der Waals surface area (Å²) in [5.41, 5.74) is 2.38. The minimum absolute atomic E-state index is 0.0666. The van der Waals surface area contributed by atoms with Gasteiger partial charge in [0, 0.05) is 22.8 Å². The number of benzene rings is 2. The molecule has 3 aromatic rings. The smallest absolute Gasteiger partial charge is 0.387 e. The number of thiazole rings is 1. The Hall–Kier alpha value is -2.80. The monoisotopic (exact) mass is 360 g/mol. The maximum atomic E-state index is 12.1. The molecule has 1 aromatic heterocycles. The Kier molecular flexibility index (Phi) is 5.35. The summed E-state index contributed by atoms with van der Waals surface area (Å²) < 4.78 is 28.5. The van der Waals surface area contributed by atoms with E-state index in [1.807, 2.05) is 29.6 Å². The van der Waals surface area contributed by atoms with Crippen molar-refractivity contribution >= 4 is 22.9 Å². The second-order valence-electron chi connectivity index (χ2n) is 5.16. The lowest BCUT2D eigenvalue weighted by Crippen LogP contribution is -2.14. The Bertz CT molecular complexity index is 819. The van der Waals surface area contributed by atoms with Crippen LogP contribution in [0.5, 0.6) is 5.75 Å². The lowest BCUT2D eigenvalue weighted by atomic mass is 10.1. The predicted octanol–water partition coefficient (Wildman–Crippen LogP) is 4.59. The number of nitrogens with zero attached hydrogens (tertiary/aromatic N) is 1. The molecule has 0 spiro atoms. The molecule has 0 unspecified atom stereocenters. The van der Waals surface area contributed by atoms with Gasteiger partial charge in [0.2, 0.25) is 5.91 Å². The molecule has 0 fully saturated rings. The fourth-order valence-corrected chi connectivity index (χ4v) is 2.89. The summed E-state index contributed by atoms with van der Waals surface area (Å²) in [4.78, 5) is 16.3. The van der Waals surface area contributed by atoms with Gasteiger partial charge in [-0.05, 0) is 42.0 Å². The van der Waals surface area contributed by atoms with E-state index < -0.39 is 6.61 Å². The number of hydrogen-bond acceptors (Lipinski definition) is 4. The summed E-state index contributed by atoms with van der Waals surface area (Å²) in [7, 11) is 0. The molecule has 0 aliphatic rings. The summed E-state index contributed by atoms with van der Waals surface area (Å²) in [6, 6.07) is 13.4. The normalized spacial score (nSPS) is 10.7. The topological polar surface area (TPSA) is 51.2 Å². The Balaban J connectivity index is 1.57. The third kappa shape index (κ3) is 4.84. The number of amides is 1. The van der Waals surface area contributed by atoms with Gasteiger partial charge in [-0.1, -0.05) is 12.1 Å². The molecule has 128 valence electrons. The quantitative estimate of drug-likeness (QED) is 0.699. The zero-order valence-corrected chi connectivity index (χ0v) is 13.8. The Morgan fingerprint density at radius 1 is 1.12 bits per heavy atom. The van der Waals surface area contributed by atoms with E-state index in [0.717, 1.165) is 10.6 Å². The number of alkyl halides is 2. The van der Waals surface area contributed by atoms with Crippen LogP contribution < -0.4 is 10.1 Å². The number of halogens is 2. The van der Waals surface area contributed by atoms with E-state index in [4.69, 9.17) is 0 Å². The number of hydrogen-bond donors (Lipinski definition) is 1. The first-order valence-electron chi connectivity index (χ1n) is 7.44. The highest BCUT2D eigenvalue weighted by Crippen LogP contribution is 2.23. The van der Waals surface area contributed by atoms with Gasteiger partial charge in [-0.3, -0.25) is 4.79 Å². The van der Waals surface area contributed by atoms with E-state index >= 15 is 0 Å². The molecule has 1 amide bonds. The molecule has 2 aromatic carbocycles. The van der Waals surface area contributed by atoms with Gasteiger partial charge in [0.15, 0.2) is 0 Å². The standard InChI is InChI=1S/C18H14F2N2O2S/c19-18(20)24-15-7-1-12(2-8-15)11-16(23)22-14-5-3-13(4-6-14)17-21-9-10-25-17/h1-10,18H,11H2,(H,22,23). The van der Waals surface area contributed by atoms with Crippen LogP contribution in [0.15, 0.2) is 60.1 Å². The van der Waals surface area contributed by atoms with Crippen molar-refractivity contribution < 1.29 is 18.3 Å². The molecule has 0 radical (unpaired) electrons. The lowest BCUT2D eigenvalue weighted by Gasteiger charge is -2.07. The van der Waals surface area contributed by atoms with Gasteiger partial charge in [0.05, 0.1) is 6.42 Å². The van der Waals surface area contributed by atoms with Gasteiger partial charge in [-0.2, -0.15) is 8.78 Å². The molecule has 0 saturated heterocycles. The average Bonchev–Trinajstić information content (AvgIpc) is 3.11. The maximum absolute atomic E-state index is 12.1. The van der Waals surface area contributed by atoms with Crippen LogP contribution in [-0.2, 0) is 11.2 Å². The van der Waals surface area contributed by atoms with E-state index in [1.165, 1.54) is 12.1 Å². The molecule has 1 N–H and O–H groups in total. The van der Waals surface area contributed by atoms with E-state index in [9.17, 15) is 13.6 Å². The van der Waals surface area contributed by atoms with Crippen molar-refractivity contribution in [3.05, 3.63) is 65.7 Å². The molecule has 0 bridgehead atoms. The van der Waals surface area contributed by atoms with E-state index in [0.29, 0.717) is 11.3 Å². The summed E-state index contributed by atoms with van der Waals surface area (Å²) in [5, 5.41) is 5.63. The van der Waals surface area contributed by atoms with E-state index in [2.05, 4.69) is 15.0 Å². The minimum Gasteiger partial charge on any atom is -0.435 e. The zero-order valence-electron chi connectivity index (χ0n) is 13.0. The van der Waals surface area contributed by atoms with Crippen LogP contribution in [0.3, 0.4) is 0 Å². The van der Waals surface area contributed by atoms with Crippen molar-refractivity contribution in [3.63, 3.8) is 0 Å².